The molecule has 1 N–H and O–H groups in total. The summed E-state index contributed by atoms with van der Waals surface area (Å²) < 4.78 is 1.24. The minimum Gasteiger partial charge on any atom is -0.477 e. The number of carboxylic acid groups (broad SMARTS) is 1. The van der Waals surface area contributed by atoms with Gasteiger partial charge in [-0.1, -0.05) is 23.7 Å². The Morgan fingerprint density at radius 3 is 2.42 bits per heavy atom. The lowest BCUT2D eigenvalue weighted by Crippen LogP contribution is -2.08. The highest BCUT2D eigenvalue weighted by atomic mass is 35.5. The maximum absolute atomic E-state index is 11.5. The van der Waals surface area contributed by atoms with Crippen molar-refractivity contribution in [3.63, 3.8) is 0 Å². The lowest BCUT2D eigenvalue weighted by atomic mass is 10.1. The minimum atomic E-state index is -1.16. The Hall–Kier alpha value is -3.19. The van der Waals surface area contributed by atoms with Gasteiger partial charge in [0.1, 0.15) is 0 Å². The normalized spacial score (nSPS) is 10.5. The third kappa shape index (κ3) is 2.84. The van der Waals surface area contributed by atoms with Crippen LogP contribution in [0.25, 0.3) is 16.9 Å². The zero-order chi connectivity index (χ0) is 17.3. The summed E-state index contributed by atoms with van der Waals surface area (Å²) in [6.45, 7) is 0. The molecular formula is C16H10ClN3O4. The monoisotopic (exact) mass is 343 g/mol. The van der Waals surface area contributed by atoms with Crippen LogP contribution in [0.2, 0.25) is 5.02 Å². The number of benzene rings is 2. The molecule has 0 aliphatic heterocycles. The molecule has 3 aromatic rings. The summed E-state index contributed by atoms with van der Waals surface area (Å²) in [6.07, 6.45) is 0. The largest absolute Gasteiger partial charge is 0.477 e. The number of nitro benzene ring substituents is 1. The van der Waals surface area contributed by atoms with Gasteiger partial charge in [-0.2, -0.15) is 5.10 Å². The van der Waals surface area contributed by atoms with Crippen molar-refractivity contribution in [1.82, 2.24) is 9.78 Å². The third-order valence-electron chi connectivity index (χ3n) is 3.38. The van der Waals surface area contributed by atoms with E-state index in [4.69, 9.17) is 11.6 Å². The van der Waals surface area contributed by atoms with Crippen LogP contribution in [0.5, 0.6) is 0 Å². The highest BCUT2D eigenvalue weighted by Gasteiger charge is 2.18. The molecule has 0 aliphatic rings. The summed E-state index contributed by atoms with van der Waals surface area (Å²) in [7, 11) is 0. The van der Waals surface area contributed by atoms with E-state index in [2.05, 4.69) is 5.10 Å². The van der Waals surface area contributed by atoms with E-state index in [9.17, 15) is 20.0 Å². The molecule has 0 amide bonds. The van der Waals surface area contributed by atoms with Crippen molar-refractivity contribution < 1.29 is 14.8 Å². The van der Waals surface area contributed by atoms with Gasteiger partial charge in [0.25, 0.3) is 5.69 Å². The van der Waals surface area contributed by atoms with Crippen molar-refractivity contribution in [1.29, 1.82) is 0 Å². The zero-order valence-corrected chi connectivity index (χ0v) is 12.8. The third-order valence-corrected chi connectivity index (χ3v) is 3.70. The van der Waals surface area contributed by atoms with E-state index in [0.29, 0.717) is 22.0 Å². The van der Waals surface area contributed by atoms with Gasteiger partial charge < -0.3 is 5.11 Å². The number of non-ortho nitro benzene ring substituents is 1. The van der Waals surface area contributed by atoms with E-state index < -0.39 is 10.9 Å². The molecule has 0 aliphatic carbocycles. The summed E-state index contributed by atoms with van der Waals surface area (Å²) in [5.41, 5.74) is 1.26. The second-order valence-corrected chi connectivity index (χ2v) is 5.29. The Kier molecular flexibility index (Phi) is 4.01. The lowest BCUT2D eigenvalue weighted by Gasteiger charge is -2.06. The average Bonchev–Trinajstić information content (AvgIpc) is 3.00. The Bertz CT molecular complexity index is 935. The topological polar surface area (TPSA) is 98.3 Å². The molecule has 7 nitrogen and oxygen atoms in total. The second kappa shape index (κ2) is 6.13. The number of aromatic nitrogens is 2. The average molecular weight is 344 g/mol. The van der Waals surface area contributed by atoms with Crippen molar-refractivity contribution in [3.8, 4) is 16.9 Å². The predicted octanol–water partition coefficient (Wildman–Crippen LogP) is 3.80. The van der Waals surface area contributed by atoms with Crippen molar-refractivity contribution in [2.24, 2.45) is 0 Å². The molecule has 0 saturated heterocycles. The van der Waals surface area contributed by atoms with Crippen molar-refractivity contribution in [2.75, 3.05) is 0 Å². The summed E-state index contributed by atoms with van der Waals surface area (Å²) in [5.74, 6) is -1.16. The Morgan fingerprint density at radius 1 is 1.17 bits per heavy atom. The summed E-state index contributed by atoms with van der Waals surface area (Å²) >= 11 is 6.12. The summed E-state index contributed by atoms with van der Waals surface area (Å²) in [6, 6.07) is 13.8. The van der Waals surface area contributed by atoms with Crippen molar-refractivity contribution in [2.45, 2.75) is 0 Å². The van der Waals surface area contributed by atoms with Crippen LogP contribution in [0.15, 0.2) is 54.6 Å². The molecule has 0 saturated carbocycles. The van der Waals surface area contributed by atoms with Crippen LogP contribution in [-0.4, -0.2) is 25.8 Å². The van der Waals surface area contributed by atoms with Gasteiger partial charge in [-0.25, -0.2) is 9.48 Å². The molecule has 0 unspecified atom stereocenters. The fraction of sp³-hybridized carbons (Fsp3) is 0. The van der Waals surface area contributed by atoms with Crippen LogP contribution in [0.3, 0.4) is 0 Å². The predicted molar refractivity (Wildman–Crippen MR) is 87.6 cm³/mol. The summed E-state index contributed by atoms with van der Waals surface area (Å²) in [4.78, 5) is 21.7. The number of carbonyl (C=O) groups is 1. The van der Waals surface area contributed by atoms with Crippen molar-refractivity contribution in [3.05, 3.63) is 75.4 Å². The molecule has 0 bridgehead atoms. The van der Waals surface area contributed by atoms with Crippen molar-refractivity contribution >= 4 is 23.3 Å². The van der Waals surface area contributed by atoms with E-state index in [1.807, 2.05) is 0 Å². The van der Waals surface area contributed by atoms with Crippen LogP contribution < -0.4 is 0 Å². The first-order valence-corrected chi connectivity index (χ1v) is 7.18. The molecule has 0 spiro atoms. The van der Waals surface area contributed by atoms with Crippen LogP contribution in [0.4, 0.5) is 5.69 Å². The maximum Gasteiger partial charge on any atom is 0.354 e. The number of rotatable bonds is 4. The van der Waals surface area contributed by atoms with E-state index in [1.54, 1.807) is 24.3 Å². The molecule has 3 rings (SSSR count). The lowest BCUT2D eigenvalue weighted by molar-refractivity contribution is -0.384. The first kappa shape index (κ1) is 15.7. The molecule has 24 heavy (non-hydrogen) atoms. The first-order chi connectivity index (χ1) is 11.5. The van der Waals surface area contributed by atoms with Gasteiger partial charge in [0.2, 0.25) is 0 Å². The Labute approximate surface area is 140 Å². The molecule has 0 atom stereocenters. The first-order valence-electron chi connectivity index (χ1n) is 6.80. The van der Waals surface area contributed by atoms with E-state index >= 15 is 0 Å². The number of aromatic carboxylic acids is 1. The Morgan fingerprint density at radius 2 is 1.83 bits per heavy atom. The number of halogens is 1. The van der Waals surface area contributed by atoms with E-state index in [0.717, 1.165) is 0 Å². The number of nitrogens with zero attached hydrogens (tertiary/aromatic N) is 3. The Balaban J connectivity index is 2.11. The standard InChI is InChI=1S/C16H10ClN3O4/c17-12-3-1-2-4-14(12)19-15(16(21)22)9-13(18-19)10-5-7-11(8-6-10)20(23)24/h1-9H,(H,21,22). The van der Waals surface area contributed by atoms with Gasteiger partial charge in [-0.3, -0.25) is 10.1 Å². The number of carboxylic acids is 1. The number of para-hydroxylation sites is 1. The molecule has 0 fully saturated rings. The molecular weight excluding hydrogens is 334 g/mol. The van der Waals surface area contributed by atoms with E-state index in [-0.39, 0.29) is 11.4 Å². The van der Waals surface area contributed by atoms with Crippen LogP contribution in [0.1, 0.15) is 10.5 Å². The fourth-order valence-corrected chi connectivity index (χ4v) is 2.45. The van der Waals surface area contributed by atoms with Gasteiger partial charge in [0.15, 0.2) is 5.69 Å². The zero-order valence-electron chi connectivity index (χ0n) is 12.1. The van der Waals surface area contributed by atoms with Gasteiger partial charge in [0.05, 0.1) is 21.3 Å². The molecule has 120 valence electrons. The molecule has 1 aromatic heterocycles. The van der Waals surface area contributed by atoms with Gasteiger partial charge in [-0.05, 0) is 30.3 Å². The van der Waals surface area contributed by atoms with Crippen LogP contribution in [-0.2, 0) is 0 Å². The minimum absolute atomic E-state index is 0.0530. The highest BCUT2D eigenvalue weighted by molar-refractivity contribution is 6.32. The number of nitro groups is 1. The quantitative estimate of drug-likeness (QED) is 0.574. The number of hydrogen-bond donors (Lipinski definition) is 1. The van der Waals surface area contributed by atoms with Gasteiger partial charge in [0, 0.05) is 17.7 Å². The van der Waals surface area contributed by atoms with Gasteiger partial charge >= 0.3 is 5.97 Å². The smallest absolute Gasteiger partial charge is 0.354 e. The van der Waals surface area contributed by atoms with E-state index in [1.165, 1.54) is 35.0 Å². The van der Waals surface area contributed by atoms with Crippen LogP contribution >= 0.6 is 11.6 Å². The second-order valence-electron chi connectivity index (χ2n) is 4.89. The SMILES string of the molecule is O=C(O)c1cc(-c2ccc([N+](=O)[O-])cc2)nn1-c1ccccc1Cl. The molecule has 0 radical (unpaired) electrons. The number of hydrogen-bond acceptors (Lipinski definition) is 4. The fourth-order valence-electron chi connectivity index (χ4n) is 2.24. The molecule has 8 heteroatoms. The molecule has 2 aromatic carbocycles. The summed E-state index contributed by atoms with van der Waals surface area (Å²) in [5, 5.41) is 24.8. The highest BCUT2D eigenvalue weighted by Crippen LogP contribution is 2.26. The molecule has 1 heterocycles. The van der Waals surface area contributed by atoms with Crippen LogP contribution in [0, 0.1) is 10.1 Å². The maximum atomic E-state index is 11.5. The van der Waals surface area contributed by atoms with Gasteiger partial charge in [-0.15, -0.1) is 0 Å².